The maximum absolute atomic E-state index is 11.9. The van der Waals surface area contributed by atoms with Crippen molar-refractivity contribution in [3.05, 3.63) is 19.2 Å². The van der Waals surface area contributed by atoms with Gasteiger partial charge in [0.05, 0.1) is 17.0 Å². The molecular weight excluding hydrogens is 396 g/mol. The van der Waals surface area contributed by atoms with Gasteiger partial charge in [-0.3, -0.25) is 4.79 Å². The fraction of sp³-hybridized carbons (Fsp3) is 0.583. The van der Waals surface area contributed by atoms with Crippen molar-refractivity contribution in [1.29, 1.82) is 0 Å². The molecule has 106 valence electrons. The fourth-order valence-corrected chi connectivity index (χ4v) is 4.00. The number of carbonyl (C=O) groups excluding carboxylic acids is 1. The molecule has 0 aliphatic carbocycles. The van der Waals surface area contributed by atoms with E-state index in [0.717, 1.165) is 27.9 Å². The number of carbonyl (C=O) groups is 1. The summed E-state index contributed by atoms with van der Waals surface area (Å²) in [6.07, 6.45) is 0.549. The molecule has 0 bridgehead atoms. The van der Waals surface area contributed by atoms with E-state index in [-0.39, 0.29) is 5.91 Å². The third kappa shape index (κ3) is 4.82. The number of amides is 1. The molecule has 1 N–H and O–H groups in total. The van der Waals surface area contributed by atoms with Crippen molar-refractivity contribution in [3.63, 3.8) is 0 Å². The molecule has 2 rings (SSSR count). The molecule has 1 fully saturated rings. The summed E-state index contributed by atoms with van der Waals surface area (Å²) >= 11 is 8.63. The zero-order valence-electron chi connectivity index (χ0n) is 10.5. The first-order valence-corrected chi connectivity index (χ1v) is 8.57. The number of morpholine rings is 1. The van der Waals surface area contributed by atoms with E-state index in [1.54, 1.807) is 11.3 Å². The first kappa shape index (κ1) is 15.4. The van der Waals surface area contributed by atoms with Crippen LogP contribution in [0.3, 0.4) is 0 Å². The minimum absolute atomic E-state index is 0.212. The summed E-state index contributed by atoms with van der Waals surface area (Å²) in [6, 6.07) is 2.09. The van der Waals surface area contributed by atoms with E-state index in [1.165, 1.54) is 4.88 Å². The smallest absolute Gasteiger partial charge is 0.224 e. The molecule has 0 spiro atoms. The van der Waals surface area contributed by atoms with Crippen LogP contribution in [0.25, 0.3) is 0 Å². The van der Waals surface area contributed by atoms with Gasteiger partial charge >= 0.3 is 0 Å². The fourth-order valence-electron chi connectivity index (χ4n) is 1.86. The van der Waals surface area contributed by atoms with Gasteiger partial charge in [-0.15, -0.1) is 11.3 Å². The van der Waals surface area contributed by atoms with E-state index < -0.39 is 0 Å². The van der Waals surface area contributed by atoms with Crippen molar-refractivity contribution in [2.24, 2.45) is 0 Å². The van der Waals surface area contributed by atoms with Crippen LogP contribution in [0.2, 0.25) is 0 Å². The predicted molar refractivity (Wildman–Crippen MR) is 83.4 cm³/mol. The van der Waals surface area contributed by atoms with Crippen LogP contribution in [0.1, 0.15) is 11.3 Å². The standard InChI is InChI=1S/C12H16Br2N2O2S/c13-10-7-9(19-12(10)14)8-15-2-1-11(17)16-3-5-18-6-4-16/h7,15H,1-6,8H2. The SMILES string of the molecule is O=C(CCNCc1cc(Br)c(Br)s1)N1CCOCC1. The molecule has 0 atom stereocenters. The van der Waals surface area contributed by atoms with Crippen molar-refractivity contribution in [1.82, 2.24) is 10.2 Å². The molecule has 19 heavy (non-hydrogen) atoms. The maximum Gasteiger partial charge on any atom is 0.224 e. The minimum Gasteiger partial charge on any atom is -0.378 e. The van der Waals surface area contributed by atoms with Crippen LogP contribution in [0.5, 0.6) is 0 Å². The molecule has 0 aromatic carbocycles. The molecule has 0 saturated carbocycles. The topological polar surface area (TPSA) is 41.6 Å². The Morgan fingerprint density at radius 1 is 1.42 bits per heavy atom. The van der Waals surface area contributed by atoms with Crippen molar-refractivity contribution in [2.45, 2.75) is 13.0 Å². The second kappa shape index (κ2) is 7.73. The second-order valence-electron chi connectivity index (χ2n) is 4.25. The molecule has 1 aliphatic heterocycles. The van der Waals surface area contributed by atoms with Crippen LogP contribution < -0.4 is 5.32 Å². The van der Waals surface area contributed by atoms with Crippen LogP contribution in [0, 0.1) is 0 Å². The molecule has 1 amide bonds. The zero-order chi connectivity index (χ0) is 13.7. The normalized spacial score (nSPS) is 15.8. The van der Waals surface area contributed by atoms with Crippen molar-refractivity contribution in [2.75, 3.05) is 32.8 Å². The predicted octanol–water partition coefficient (Wildman–Crippen LogP) is 2.61. The second-order valence-corrected chi connectivity index (χ2v) is 7.56. The van der Waals surface area contributed by atoms with Gasteiger partial charge in [-0.05, 0) is 37.9 Å². The highest BCUT2D eigenvalue weighted by molar-refractivity contribution is 9.13. The molecule has 0 unspecified atom stereocenters. The van der Waals surface area contributed by atoms with Crippen LogP contribution in [0.15, 0.2) is 14.3 Å². The van der Waals surface area contributed by atoms with E-state index in [4.69, 9.17) is 4.74 Å². The summed E-state index contributed by atoms with van der Waals surface area (Å²) in [5.41, 5.74) is 0. The quantitative estimate of drug-likeness (QED) is 0.757. The van der Waals surface area contributed by atoms with Crippen molar-refractivity contribution in [3.8, 4) is 0 Å². The molecule has 1 aromatic rings. The first-order valence-electron chi connectivity index (χ1n) is 6.17. The van der Waals surface area contributed by atoms with E-state index in [2.05, 4.69) is 43.2 Å². The Bertz CT molecular complexity index is 414. The number of ether oxygens (including phenoxy) is 1. The maximum atomic E-state index is 11.9. The molecule has 7 heteroatoms. The number of nitrogens with one attached hydrogen (secondary N) is 1. The average molecular weight is 412 g/mol. The minimum atomic E-state index is 0.212. The summed E-state index contributed by atoms with van der Waals surface area (Å²) in [5, 5.41) is 3.30. The van der Waals surface area contributed by atoms with Crippen LogP contribution >= 0.6 is 43.2 Å². The molecular formula is C12H16Br2N2O2S. The summed E-state index contributed by atoms with van der Waals surface area (Å²) in [7, 11) is 0. The number of hydrogen-bond donors (Lipinski definition) is 1. The van der Waals surface area contributed by atoms with Gasteiger partial charge in [-0.1, -0.05) is 0 Å². The largest absolute Gasteiger partial charge is 0.378 e. The van der Waals surface area contributed by atoms with Crippen LogP contribution in [-0.4, -0.2) is 43.7 Å². The molecule has 4 nitrogen and oxygen atoms in total. The number of rotatable bonds is 5. The Morgan fingerprint density at radius 2 is 2.16 bits per heavy atom. The Hall–Kier alpha value is 0.0500. The monoisotopic (exact) mass is 410 g/mol. The van der Waals surface area contributed by atoms with Gasteiger partial charge in [0.25, 0.3) is 0 Å². The van der Waals surface area contributed by atoms with Gasteiger partial charge in [-0.2, -0.15) is 0 Å². The highest BCUT2D eigenvalue weighted by atomic mass is 79.9. The van der Waals surface area contributed by atoms with Gasteiger partial charge < -0.3 is 15.0 Å². The molecule has 0 radical (unpaired) electrons. The van der Waals surface area contributed by atoms with E-state index in [1.807, 2.05) is 4.90 Å². The Kier molecular flexibility index (Phi) is 6.28. The van der Waals surface area contributed by atoms with Crippen LogP contribution in [0.4, 0.5) is 0 Å². The van der Waals surface area contributed by atoms with Crippen molar-refractivity contribution >= 4 is 49.1 Å². The number of nitrogens with zero attached hydrogens (tertiary/aromatic N) is 1. The highest BCUT2D eigenvalue weighted by Gasteiger charge is 2.15. The van der Waals surface area contributed by atoms with Gasteiger partial charge in [-0.25, -0.2) is 0 Å². The lowest BCUT2D eigenvalue weighted by molar-refractivity contribution is -0.135. The lowest BCUT2D eigenvalue weighted by Crippen LogP contribution is -2.41. The Balaban J connectivity index is 1.64. The zero-order valence-corrected chi connectivity index (χ0v) is 14.4. The lowest BCUT2D eigenvalue weighted by Gasteiger charge is -2.26. The molecule has 1 aromatic heterocycles. The van der Waals surface area contributed by atoms with Gasteiger partial charge in [0, 0.05) is 41.9 Å². The van der Waals surface area contributed by atoms with Crippen molar-refractivity contribution < 1.29 is 9.53 Å². The Morgan fingerprint density at radius 3 is 2.79 bits per heavy atom. The Labute approximate surface area is 133 Å². The summed E-state index contributed by atoms with van der Waals surface area (Å²) in [4.78, 5) is 15.0. The summed E-state index contributed by atoms with van der Waals surface area (Å²) in [5.74, 6) is 0.212. The highest BCUT2D eigenvalue weighted by Crippen LogP contribution is 2.32. The molecule has 1 aliphatic rings. The summed E-state index contributed by atoms with van der Waals surface area (Å²) < 4.78 is 7.42. The third-order valence-corrected chi connectivity index (χ3v) is 6.13. The van der Waals surface area contributed by atoms with E-state index >= 15 is 0 Å². The third-order valence-electron chi connectivity index (χ3n) is 2.87. The number of hydrogen-bond acceptors (Lipinski definition) is 4. The lowest BCUT2D eigenvalue weighted by atomic mass is 10.3. The van der Waals surface area contributed by atoms with Crippen LogP contribution in [-0.2, 0) is 16.1 Å². The van der Waals surface area contributed by atoms with Gasteiger partial charge in [0.1, 0.15) is 0 Å². The van der Waals surface area contributed by atoms with Gasteiger partial charge in [0.2, 0.25) is 5.91 Å². The molecule has 1 saturated heterocycles. The average Bonchev–Trinajstić information content (AvgIpc) is 2.74. The number of thiophene rings is 1. The van der Waals surface area contributed by atoms with E-state index in [9.17, 15) is 4.79 Å². The number of halogens is 2. The molecule has 2 heterocycles. The summed E-state index contributed by atoms with van der Waals surface area (Å²) in [6.45, 7) is 4.29. The van der Waals surface area contributed by atoms with Gasteiger partial charge in [0.15, 0.2) is 0 Å². The first-order chi connectivity index (χ1) is 9.16. The van der Waals surface area contributed by atoms with E-state index in [0.29, 0.717) is 26.2 Å².